The van der Waals surface area contributed by atoms with Crippen LogP contribution in [0.2, 0.25) is 0 Å². The van der Waals surface area contributed by atoms with E-state index in [1.165, 1.54) is 18.2 Å². The molecule has 1 aromatic carbocycles. The molecule has 0 bridgehead atoms. The van der Waals surface area contributed by atoms with Gasteiger partial charge in [-0.15, -0.1) is 0 Å². The van der Waals surface area contributed by atoms with Crippen LogP contribution in [0.3, 0.4) is 0 Å². The van der Waals surface area contributed by atoms with E-state index < -0.39 is 21.4 Å². The largest absolute Gasteiger partial charge is 0.534 e. The Kier molecular flexibility index (Phi) is 5.94. The van der Waals surface area contributed by atoms with Crippen LogP contribution in [0.1, 0.15) is 11.1 Å². The van der Waals surface area contributed by atoms with Crippen molar-refractivity contribution < 1.29 is 40.0 Å². The van der Waals surface area contributed by atoms with Crippen molar-refractivity contribution in [2.75, 3.05) is 26.4 Å². The highest BCUT2D eigenvalue weighted by Gasteiger charge is 2.48. The Bertz CT molecular complexity index is 1180. The Morgan fingerprint density at radius 1 is 1.22 bits per heavy atom. The Hall–Kier alpha value is -2.57. The molecule has 8 nitrogen and oxygen atoms in total. The summed E-state index contributed by atoms with van der Waals surface area (Å²) in [5, 5.41) is 0. The van der Waals surface area contributed by atoms with E-state index in [0.29, 0.717) is 61.1 Å². The van der Waals surface area contributed by atoms with Gasteiger partial charge in [-0.1, -0.05) is 0 Å². The van der Waals surface area contributed by atoms with Crippen molar-refractivity contribution in [3.63, 3.8) is 0 Å². The number of nitrogens with zero attached hydrogens (tertiary/aromatic N) is 1. The van der Waals surface area contributed by atoms with Crippen LogP contribution < -0.4 is 14.3 Å². The summed E-state index contributed by atoms with van der Waals surface area (Å²) < 4.78 is 83.3. The van der Waals surface area contributed by atoms with Crippen molar-refractivity contribution in [3.8, 4) is 22.9 Å². The molecule has 0 radical (unpaired) electrons. The summed E-state index contributed by atoms with van der Waals surface area (Å²) in [4.78, 5) is 12.6. The van der Waals surface area contributed by atoms with Crippen LogP contribution in [0, 0.1) is 6.92 Å². The maximum absolute atomic E-state index is 12.6. The third-order valence-electron chi connectivity index (χ3n) is 5.24. The Labute approximate surface area is 181 Å². The van der Waals surface area contributed by atoms with Crippen LogP contribution in [-0.2, 0) is 32.6 Å². The SMILES string of the molecule is Cc1c2n(c(OC[C@@H]3COCCO3)cc1=O)CCc1cc(OS(=O)(=O)C(F)(F)F)ccc1-2. The average Bonchev–Trinajstić information content (AvgIpc) is 2.74. The van der Waals surface area contributed by atoms with Crippen LogP contribution >= 0.6 is 0 Å². The summed E-state index contributed by atoms with van der Waals surface area (Å²) >= 11 is 0. The minimum atomic E-state index is -5.77. The monoisotopic (exact) mass is 475 g/mol. The third kappa shape index (κ3) is 4.34. The first-order valence-electron chi connectivity index (χ1n) is 9.77. The van der Waals surface area contributed by atoms with Crippen LogP contribution in [0.25, 0.3) is 11.3 Å². The second kappa shape index (κ2) is 8.41. The number of halogens is 3. The van der Waals surface area contributed by atoms with Crippen molar-refractivity contribution >= 4 is 10.1 Å². The van der Waals surface area contributed by atoms with E-state index in [1.807, 2.05) is 4.57 Å². The quantitative estimate of drug-likeness (QED) is 0.484. The molecule has 0 unspecified atom stereocenters. The van der Waals surface area contributed by atoms with E-state index in [1.54, 1.807) is 6.92 Å². The predicted molar refractivity (Wildman–Crippen MR) is 106 cm³/mol. The number of hydrogen-bond donors (Lipinski definition) is 0. The lowest BCUT2D eigenvalue weighted by Crippen LogP contribution is -2.34. The molecule has 1 aromatic heterocycles. The number of ether oxygens (including phenoxy) is 3. The van der Waals surface area contributed by atoms with Gasteiger partial charge in [-0.3, -0.25) is 4.79 Å². The third-order valence-corrected chi connectivity index (χ3v) is 6.22. The van der Waals surface area contributed by atoms with E-state index in [0.717, 1.165) is 6.07 Å². The summed E-state index contributed by atoms with van der Waals surface area (Å²) in [5.41, 5.74) is -3.65. The van der Waals surface area contributed by atoms with Gasteiger partial charge in [-0.25, -0.2) is 0 Å². The number of aryl methyl sites for hydroxylation is 1. The van der Waals surface area contributed by atoms with E-state index in [9.17, 15) is 26.4 Å². The van der Waals surface area contributed by atoms with Crippen molar-refractivity contribution in [2.45, 2.75) is 31.5 Å². The second-order valence-corrected chi connectivity index (χ2v) is 8.94. The highest BCUT2D eigenvalue weighted by molar-refractivity contribution is 7.88. The van der Waals surface area contributed by atoms with E-state index in [-0.39, 0.29) is 18.1 Å². The molecule has 1 atom stereocenters. The highest BCUT2D eigenvalue weighted by Crippen LogP contribution is 2.36. The molecular weight excluding hydrogens is 455 g/mol. The molecule has 0 N–H and O–H groups in total. The maximum atomic E-state index is 12.6. The smallest absolute Gasteiger partial charge is 0.476 e. The predicted octanol–water partition coefficient (Wildman–Crippen LogP) is 2.40. The lowest BCUT2D eigenvalue weighted by molar-refractivity contribution is -0.102. The first-order valence-corrected chi connectivity index (χ1v) is 11.2. The molecule has 12 heteroatoms. The number of fused-ring (bicyclic) bond motifs is 3. The first-order chi connectivity index (χ1) is 15.1. The van der Waals surface area contributed by atoms with Crippen LogP contribution in [0.15, 0.2) is 29.1 Å². The van der Waals surface area contributed by atoms with Crippen molar-refractivity contribution in [2.24, 2.45) is 0 Å². The average molecular weight is 475 g/mol. The van der Waals surface area contributed by atoms with Gasteiger partial charge < -0.3 is 23.0 Å². The fraction of sp³-hybridized carbons (Fsp3) is 0.450. The number of benzene rings is 1. The lowest BCUT2D eigenvalue weighted by Gasteiger charge is -2.28. The minimum Gasteiger partial charge on any atom is -0.476 e. The molecule has 1 saturated heterocycles. The molecule has 2 aliphatic rings. The summed E-state index contributed by atoms with van der Waals surface area (Å²) in [7, 11) is -5.77. The number of alkyl halides is 3. The molecule has 4 rings (SSSR count). The zero-order chi connectivity index (χ0) is 23.1. The van der Waals surface area contributed by atoms with Crippen LogP contribution in [0.5, 0.6) is 11.6 Å². The van der Waals surface area contributed by atoms with Gasteiger partial charge in [0.15, 0.2) is 11.3 Å². The molecule has 32 heavy (non-hydrogen) atoms. The first kappa shape index (κ1) is 22.6. The summed E-state index contributed by atoms with van der Waals surface area (Å²) in [5.74, 6) is -0.105. The number of rotatable bonds is 5. The zero-order valence-electron chi connectivity index (χ0n) is 17.0. The van der Waals surface area contributed by atoms with Gasteiger partial charge in [-0.05, 0) is 37.1 Å². The number of aromatic nitrogens is 1. The standard InChI is InChI=1S/C20H20F3NO7S/c1-12-17(25)9-18(30-11-15-10-28-6-7-29-15)24-5-4-13-8-14(2-3-16(13)19(12)24)31-32(26,27)20(21,22)23/h2-3,8-9,15H,4-7,10-11H2,1H3/t15-/m0/s1. The molecule has 3 heterocycles. The summed E-state index contributed by atoms with van der Waals surface area (Å²) in [6, 6.07) is 5.20. The van der Waals surface area contributed by atoms with Gasteiger partial charge in [0, 0.05) is 23.7 Å². The topological polar surface area (TPSA) is 93.1 Å². The van der Waals surface area contributed by atoms with Gasteiger partial charge in [0.1, 0.15) is 18.5 Å². The Morgan fingerprint density at radius 3 is 2.69 bits per heavy atom. The van der Waals surface area contributed by atoms with E-state index in [2.05, 4.69) is 4.18 Å². The molecule has 2 aliphatic heterocycles. The van der Waals surface area contributed by atoms with Gasteiger partial charge in [0.05, 0.1) is 25.5 Å². The van der Waals surface area contributed by atoms with Gasteiger partial charge >= 0.3 is 15.6 Å². The molecule has 174 valence electrons. The Balaban J connectivity index is 1.66. The van der Waals surface area contributed by atoms with E-state index >= 15 is 0 Å². The number of hydrogen-bond acceptors (Lipinski definition) is 7. The fourth-order valence-corrected chi connectivity index (χ4v) is 4.15. The van der Waals surface area contributed by atoms with Gasteiger partial charge in [-0.2, -0.15) is 21.6 Å². The number of pyridine rings is 1. The normalized spacial score (nSPS) is 18.6. The van der Waals surface area contributed by atoms with Crippen LogP contribution in [-0.4, -0.2) is 51.0 Å². The van der Waals surface area contributed by atoms with E-state index in [4.69, 9.17) is 14.2 Å². The molecule has 0 aliphatic carbocycles. The highest BCUT2D eigenvalue weighted by atomic mass is 32.2. The zero-order valence-corrected chi connectivity index (χ0v) is 17.8. The summed E-state index contributed by atoms with van der Waals surface area (Å²) in [6.45, 7) is 3.57. The maximum Gasteiger partial charge on any atom is 0.534 e. The van der Waals surface area contributed by atoms with Crippen molar-refractivity contribution in [1.29, 1.82) is 0 Å². The molecule has 1 fully saturated rings. The molecular formula is C20H20F3NO7S. The molecule has 0 spiro atoms. The minimum absolute atomic E-state index is 0.191. The summed E-state index contributed by atoms with van der Waals surface area (Å²) in [6.07, 6.45) is 0.107. The molecule has 0 amide bonds. The van der Waals surface area contributed by atoms with Gasteiger partial charge in [0.2, 0.25) is 0 Å². The molecule has 0 saturated carbocycles. The lowest BCUT2D eigenvalue weighted by atomic mass is 9.94. The van der Waals surface area contributed by atoms with Crippen molar-refractivity contribution in [3.05, 3.63) is 45.6 Å². The van der Waals surface area contributed by atoms with Crippen molar-refractivity contribution in [1.82, 2.24) is 4.57 Å². The molecule has 2 aromatic rings. The van der Waals surface area contributed by atoms with Crippen LogP contribution in [0.4, 0.5) is 13.2 Å². The van der Waals surface area contributed by atoms with Gasteiger partial charge in [0.25, 0.3) is 0 Å². The Morgan fingerprint density at radius 2 is 2.00 bits per heavy atom. The second-order valence-electron chi connectivity index (χ2n) is 7.40. The fourth-order valence-electron chi connectivity index (χ4n) is 3.69.